The van der Waals surface area contributed by atoms with Crippen LogP contribution >= 0.6 is 11.3 Å². The first kappa shape index (κ1) is 14.1. The average molecular weight is 302 g/mol. The Morgan fingerprint density at radius 1 is 1.38 bits per heavy atom. The maximum atomic E-state index is 11.3. The molecule has 1 aromatic heterocycles. The monoisotopic (exact) mass is 302 g/mol. The van der Waals surface area contributed by atoms with Gasteiger partial charge in [0.2, 0.25) is 0 Å². The number of aromatic nitrogens is 1. The maximum Gasteiger partial charge on any atom is 0.311 e. The third-order valence-electron chi connectivity index (χ3n) is 3.68. The van der Waals surface area contributed by atoms with E-state index in [2.05, 4.69) is 34.1 Å². The number of hydrogen-bond acceptors (Lipinski definition) is 5. The predicted molar refractivity (Wildman–Crippen MR) is 84.2 cm³/mol. The van der Waals surface area contributed by atoms with Crippen LogP contribution in [0.25, 0.3) is 0 Å². The van der Waals surface area contributed by atoms with E-state index in [-0.39, 0.29) is 12.4 Å². The van der Waals surface area contributed by atoms with E-state index >= 15 is 0 Å². The number of aryl methyl sites for hydroxylation is 1. The SMILES string of the molecule is COC(=O)Cc1csc(N2CCCCc3ccccc32)n1. The molecule has 0 unspecified atom stereocenters. The second kappa shape index (κ2) is 6.26. The van der Waals surface area contributed by atoms with Crippen molar-refractivity contribution in [2.75, 3.05) is 18.6 Å². The smallest absolute Gasteiger partial charge is 0.311 e. The molecule has 0 saturated carbocycles. The van der Waals surface area contributed by atoms with Crippen LogP contribution in [0.3, 0.4) is 0 Å². The number of para-hydroxylation sites is 1. The third kappa shape index (κ3) is 3.08. The molecule has 0 radical (unpaired) electrons. The normalized spacial score (nSPS) is 14.4. The Hall–Kier alpha value is -1.88. The van der Waals surface area contributed by atoms with Crippen LogP contribution < -0.4 is 4.90 Å². The lowest BCUT2D eigenvalue weighted by molar-refractivity contribution is -0.139. The van der Waals surface area contributed by atoms with Gasteiger partial charge >= 0.3 is 5.97 Å². The first-order valence-corrected chi connectivity index (χ1v) is 8.02. The molecule has 0 spiro atoms. The zero-order valence-corrected chi connectivity index (χ0v) is 12.9. The van der Waals surface area contributed by atoms with Gasteiger partial charge in [0.15, 0.2) is 5.13 Å². The molecular formula is C16H18N2O2S. The van der Waals surface area contributed by atoms with Gasteiger partial charge in [0, 0.05) is 17.6 Å². The number of anilines is 2. The molecule has 2 aromatic rings. The molecule has 2 heterocycles. The standard InChI is InChI=1S/C16H18N2O2S/c1-20-15(19)10-13-11-21-16(17-13)18-9-5-4-7-12-6-2-3-8-14(12)18/h2-3,6,8,11H,4-5,7,9-10H2,1H3. The molecule has 0 fully saturated rings. The van der Waals surface area contributed by atoms with Crippen LogP contribution in [0.5, 0.6) is 0 Å². The van der Waals surface area contributed by atoms with Crippen molar-refractivity contribution < 1.29 is 9.53 Å². The molecule has 1 aromatic carbocycles. The molecule has 0 N–H and O–H groups in total. The zero-order chi connectivity index (χ0) is 14.7. The molecule has 1 aliphatic rings. The van der Waals surface area contributed by atoms with Gasteiger partial charge in [-0.25, -0.2) is 4.98 Å². The van der Waals surface area contributed by atoms with E-state index in [1.165, 1.54) is 24.8 Å². The van der Waals surface area contributed by atoms with Crippen LogP contribution in [0.1, 0.15) is 24.1 Å². The fraction of sp³-hybridized carbons (Fsp3) is 0.375. The number of fused-ring (bicyclic) bond motifs is 1. The highest BCUT2D eigenvalue weighted by atomic mass is 32.1. The highest BCUT2D eigenvalue weighted by molar-refractivity contribution is 7.13. The van der Waals surface area contributed by atoms with Crippen molar-refractivity contribution >= 4 is 28.1 Å². The Kier molecular flexibility index (Phi) is 4.20. The Bertz CT molecular complexity index is 639. The minimum atomic E-state index is -0.247. The number of ether oxygens (including phenoxy) is 1. The first-order valence-electron chi connectivity index (χ1n) is 7.14. The Morgan fingerprint density at radius 2 is 2.24 bits per heavy atom. The van der Waals surface area contributed by atoms with Crippen LogP contribution in [0.15, 0.2) is 29.6 Å². The van der Waals surface area contributed by atoms with E-state index in [9.17, 15) is 4.79 Å². The highest BCUT2D eigenvalue weighted by Crippen LogP contribution is 2.34. The summed E-state index contributed by atoms with van der Waals surface area (Å²) in [6.45, 7) is 0.974. The average Bonchev–Trinajstić information content (AvgIpc) is 2.85. The van der Waals surface area contributed by atoms with Gasteiger partial charge in [-0.1, -0.05) is 18.2 Å². The molecule has 0 atom stereocenters. The number of nitrogens with zero attached hydrogens (tertiary/aromatic N) is 2. The van der Waals surface area contributed by atoms with Gasteiger partial charge in [-0.2, -0.15) is 0 Å². The van der Waals surface area contributed by atoms with E-state index in [1.54, 1.807) is 11.3 Å². The van der Waals surface area contributed by atoms with Crippen molar-refractivity contribution in [1.29, 1.82) is 0 Å². The van der Waals surface area contributed by atoms with Crippen molar-refractivity contribution in [3.05, 3.63) is 40.9 Å². The summed E-state index contributed by atoms with van der Waals surface area (Å²) in [5.41, 5.74) is 3.40. The van der Waals surface area contributed by atoms with Crippen LogP contribution in [0.4, 0.5) is 10.8 Å². The summed E-state index contributed by atoms with van der Waals surface area (Å²) in [4.78, 5) is 18.2. The number of carbonyl (C=O) groups is 1. The van der Waals surface area contributed by atoms with Crippen molar-refractivity contribution in [3.8, 4) is 0 Å². The molecule has 0 aliphatic carbocycles. The summed E-state index contributed by atoms with van der Waals surface area (Å²) in [7, 11) is 1.40. The quantitative estimate of drug-likeness (QED) is 0.816. The van der Waals surface area contributed by atoms with E-state index < -0.39 is 0 Å². The number of benzene rings is 1. The van der Waals surface area contributed by atoms with Gasteiger partial charge in [0.1, 0.15) is 0 Å². The second-order valence-electron chi connectivity index (χ2n) is 5.11. The summed E-state index contributed by atoms with van der Waals surface area (Å²) in [5, 5.41) is 2.91. The van der Waals surface area contributed by atoms with Gasteiger partial charge < -0.3 is 9.64 Å². The molecule has 5 heteroatoms. The number of esters is 1. The minimum absolute atomic E-state index is 0.239. The number of carbonyl (C=O) groups excluding carboxylic acids is 1. The first-order chi connectivity index (χ1) is 10.3. The van der Waals surface area contributed by atoms with Crippen LogP contribution in [-0.4, -0.2) is 24.6 Å². The number of methoxy groups -OCH3 is 1. The fourth-order valence-corrected chi connectivity index (χ4v) is 3.48. The Morgan fingerprint density at radius 3 is 3.10 bits per heavy atom. The van der Waals surface area contributed by atoms with E-state index in [0.29, 0.717) is 0 Å². The number of thiazole rings is 1. The summed E-state index contributed by atoms with van der Waals surface area (Å²) >= 11 is 1.59. The summed E-state index contributed by atoms with van der Waals surface area (Å²) in [6.07, 6.45) is 3.71. The third-order valence-corrected chi connectivity index (χ3v) is 4.60. The minimum Gasteiger partial charge on any atom is -0.469 e. The maximum absolute atomic E-state index is 11.3. The molecule has 0 bridgehead atoms. The summed E-state index contributed by atoms with van der Waals surface area (Å²) < 4.78 is 4.70. The Balaban J connectivity index is 1.88. The molecule has 4 nitrogen and oxygen atoms in total. The van der Waals surface area contributed by atoms with Crippen LogP contribution in [-0.2, 0) is 22.4 Å². The number of rotatable bonds is 3. The summed E-state index contributed by atoms with van der Waals surface area (Å²) in [6, 6.07) is 8.51. The van der Waals surface area contributed by atoms with E-state index in [0.717, 1.165) is 30.2 Å². The van der Waals surface area contributed by atoms with Crippen molar-refractivity contribution in [3.63, 3.8) is 0 Å². The molecule has 1 aliphatic heterocycles. The lowest BCUT2D eigenvalue weighted by Crippen LogP contribution is -2.17. The highest BCUT2D eigenvalue weighted by Gasteiger charge is 2.19. The van der Waals surface area contributed by atoms with Gasteiger partial charge in [0.25, 0.3) is 0 Å². The molecule has 3 rings (SSSR count). The van der Waals surface area contributed by atoms with Crippen molar-refractivity contribution in [1.82, 2.24) is 4.98 Å². The Labute approximate surface area is 128 Å². The molecule has 110 valence electrons. The van der Waals surface area contributed by atoms with E-state index in [4.69, 9.17) is 4.74 Å². The molecule has 0 amide bonds. The van der Waals surface area contributed by atoms with Gasteiger partial charge in [0.05, 0.1) is 19.2 Å². The van der Waals surface area contributed by atoms with Gasteiger partial charge in [-0.3, -0.25) is 4.79 Å². The molecule has 0 saturated heterocycles. The molecule has 21 heavy (non-hydrogen) atoms. The lowest BCUT2D eigenvalue weighted by atomic mass is 10.1. The van der Waals surface area contributed by atoms with Crippen LogP contribution in [0.2, 0.25) is 0 Å². The second-order valence-corrected chi connectivity index (χ2v) is 5.95. The molecular weight excluding hydrogens is 284 g/mol. The predicted octanol–water partition coefficient (Wildman–Crippen LogP) is 3.33. The topological polar surface area (TPSA) is 42.4 Å². The van der Waals surface area contributed by atoms with Crippen molar-refractivity contribution in [2.45, 2.75) is 25.7 Å². The summed E-state index contributed by atoms with van der Waals surface area (Å²) in [5.74, 6) is -0.247. The van der Waals surface area contributed by atoms with Gasteiger partial charge in [-0.05, 0) is 30.9 Å². The zero-order valence-electron chi connectivity index (χ0n) is 12.0. The van der Waals surface area contributed by atoms with Gasteiger partial charge in [-0.15, -0.1) is 11.3 Å². The fourth-order valence-electron chi connectivity index (χ4n) is 2.61. The lowest BCUT2D eigenvalue weighted by Gasteiger charge is -2.21. The number of hydrogen-bond donors (Lipinski definition) is 0. The van der Waals surface area contributed by atoms with Crippen molar-refractivity contribution in [2.24, 2.45) is 0 Å². The largest absolute Gasteiger partial charge is 0.469 e. The van der Waals surface area contributed by atoms with Crippen LogP contribution in [0, 0.1) is 0 Å². The van der Waals surface area contributed by atoms with E-state index in [1.807, 2.05) is 5.38 Å².